The van der Waals surface area contributed by atoms with Crippen LogP contribution in [0.3, 0.4) is 0 Å². The summed E-state index contributed by atoms with van der Waals surface area (Å²) in [7, 11) is 0. The molecule has 18 heavy (non-hydrogen) atoms. The standard InChI is InChI=1S/C12H11F2NO3/c1-2-18-4-3-15-9-6-7(13)5-8(14)10(9)11(16)12(15)17/h5-6H,2-4H2,1H3. The van der Waals surface area contributed by atoms with E-state index in [1.54, 1.807) is 6.92 Å². The highest BCUT2D eigenvalue weighted by molar-refractivity contribution is 6.52. The van der Waals surface area contributed by atoms with Crippen molar-refractivity contribution in [3.05, 3.63) is 29.3 Å². The van der Waals surface area contributed by atoms with Crippen LogP contribution in [0.25, 0.3) is 0 Å². The predicted octanol–water partition coefficient (Wildman–Crippen LogP) is 1.53. The first-order valence-corrected chi connectivity index (χ1v) is 5.49. The molecule has 0 N–H and O–H groups in total. The van der Waals surface area contributed by atoms with Crippen molar-refractivity contribution < 1.29 is 23.1 Å². The Morgan fingerprint density at radius 3 is 2.67 bits per heavy atom. The lowest BCUT2D eigenvalue weighted by atomic mass is 10.1. The molecule has 2 rings (SSSR count). The van der Waals surface area contributed by atoms with Crippen LogP contribution in [0.1, 0.15) is 17.3 Å². The Morgan fingerprint density at radius 2 is 2.00 bits per heavy atom. The molecule has 6 heteroatoms. The number of fused-ring (bicyclic) bond motifs is 1. The number of anilines is 1. The third kappa shape index (κ3) is 1.99. The highest BCUT2D eigenvalue weighted by Crippen LogP contribution is 2.31. The van der Waals surface area contributed by atoms with Crippen LogP contribution in [0, 0.1) is 11.6 Å². The van der Waals surface area contributed by atoms with E-state index >= 15 is 0 Å². The van der Waals surface area contributed by atoms with Crippen LogP contribution >= 0.6 is 0 Å². The second-order valence-electron chi connectivity index (χ2n) is 3.76. The molecule has 0 radical (unpaired) electrons. The lowest BCUT2D eigenvalue weighted by molar-refractivity contribution is -0.114. The quantitative estimate of drug-likeness (QED) is 0.605. The first-order chi connectivity index (χ1) is 8.56. The van der Waals surface area contributed by atoms with E-state index in [0.717, 1.165) is 11.0 Å². The van der Waals surface area contributed by atoms with Gasteiger partial charge in [0.15, 0.2) is 0 Å². The van der Waals surface area contributed by atoms with Crippen LogP contribution in [-0.4, -0.2) is 31.4 Å². The molecule has 1 aromatic rings. The summed E-state index contributed by atoms with van der Waals surface area (Å²) in [6, 6.07) is 1.57. The third-order valence-corrected chi connectivity index (χ3v) is 2.65. The number of benzene rings is 1. The number of hydrogen-bond donors (Lipinski definition) is 0. The van der Waals surface area contributed by atoms with Gasteiger partial charge in [0.1, 0.15) is 11.6 Å². The maximum absolute atomic E-state index is 13.5. The van der Waals surface area contributed by atoms with Crippen molar-refractivity contribution in [2.75, 3.05) is 24.7 Å². The lowest BCUT2D eigenvalue weighted by Crippen LogP contribution is -2.32. The summed E-state index contributed by atoms with van der Waals surface area (Å²) in [6.07, 6.45) is 0. The van der Waals surface area contributed by atoms with Crippen molar-refractivity contribution in [2.45, 2.75) is 6.92 Å². The summed E-state index contributed by atoms with van der Waals surface area (Å²) in [4.78, 5) is 24.3. The molecule has 1 aliphatic rings. The second kappa shape index (κ2) is 4.81. The van der Waals surface area contributed by atoms with Crippen LogP contribution in [0.15, 0.2) is 12.1 Å². The first kappa shape index (κ1) is 12.6. The minimum atomic E-state index is -1.01. The van der Waals surface area contributed by atoms with Crippen molar-refractivity contribution in [3.63, 3.8) is 0 Å². The Hall–Kier alpha value is -1.82. The number of carbonyl (C=O) groups is 2. The van der Waals surface area contributed by atoms with Crippen LogP contribution in [-0.2, 0) is 9.53 Å². The maximum Gasteiger partial charge on any atom is 0.299 e. The van der Waals surface area contributed by atoms with E-state index in [2.05, 4.69) is 0 Å². The first-order valence-electron chi connectivity index (χ1n) is 5.49. The molecule has 0 aliphatic carbocycles. The number of hydrogen-bond acceptors (Lipinski definition) is 3. The summed E-state index contributed by atoms with van der Waals surface area (Å²) in [5, 5.41) is 0. The molecule has 0 saturated carbocycles. The average Bonchev–Trinajstić information content (AvgIpc) is 2.54. The number of ether oxygens (including phenoxy) is 1. The molecule has 96 valence electrons. The number of halogens is 2. The van der Waals surface area contributed by atoms with Gasteiger partial charge in [-0.3, -0.25) is 9.59 Å². The number of ketones is 1. The number of Topliss-reactive ketones (excluding diaryl/α,β-unsaturated/α-hetero) is 1. The molecule has 0 bridgehead atoms. The van der Waals surface area contributed by atoms with Gasteiger partial charge in [0.2, 0.25) is 0 Å². The Labute approximate surface area is 102 Å². The molecule has 0 saturated heterocycles. The summed E-state index contributed by atoms with van der Waals surface area (Å²) in [5.41, 5.74) is -0.389. The molecule has 0 spiro atoms. The van der Waals surface area contributed by atoms with E-state index in [1.165, 1.54) is 0 Å². The molecule has 1 heterocycles. The molecule has 0 atom stereocenters. The zero-order valence-corrected chi connectivity index (χ0v) is 9.70. The van der Waals surface area contributed by atoms with E-state index in [4.69, 9.17) is 4.74 Å². The van der Waals surface area contributed by atoms with E-state index in [1.807, 2.05) is 0 Å². The van der Waals surface area contributed by atoms with Crippen molar-refractivity contribution in [1.82, 2.24) is 0 Å². The molecule has 1 amide bonds. The van der Waals surface area contributed by atoms with E-state index in [-0.39, 0.29) is 24.4 Å². The summed E-state index contributed by atoms with van der Waals surface area (Å²) >= 11 is 0. The van der Waals surface area contributed by atoms with E-state index in [0.29, 0.717) is 12.7 Å². The van der Waals surface area contributed by atoms with Crippen LogP contribution < -0.4 is 4.90 Å². The minimum absolute atomic E-state index is 0.0257. The predicted molar refractivity (Wildman–Crippen MR) is 59.5 cm³/mol. The van der Waals surface area contributed by atoms with Gasteiger partial charge in [-0.25, -0.2) is 8.78 Å². The van der Waals surface area contributed by atoms with Gasteiger partial charge in [-0.1, -0.05) is 0 Å². The molecular formula is C12H11F2NO3. The Kier molecular flexibility index (Phi) is 3.38. The van der Waals surface area contributed by atoms with Gasteiger partial charge in [0, 0.05) is 19.2 Å². The minimum Gasteiger partial charge on any atom is -0.380 e. The Morgan fingerprint density at radius 1 is 1.28 bits per heavy atom. The van der Waals surface area contributed by atoms with Crippen molar-refractivity contribution in [2.24, 2.45) is 0 Å². The fraction of sp³-hybridized carbons (Fsp3) is 0.333. The number of rotatable bonds is 4. The molecule has 0 unspecified atom stereocenters. The van der Waals surface area contributed by atoms with Crippen molar-refractivity contribution >= 4 is 17.4 Å². The van der Waals surface area contributed by atoms with Gasteiger partial charge < -0.3 is 9.64 Å². The largest absolute Gasteiger partial charge is 0.380 e. The molecular weight excluding hydrogens is 244 g/mol. The molecule has 0 aromatic heterocycles. The fourth-order valence-corrected chi connectivity index (χ4v) is 1.86. The van der Waals surface area contributed by atoms with Crippen LogP contribution in [0.5, 0.6) is 0 Å². The molecule has 0 fully saturated rings. The van der Waals surface area contributed by atoms with Gasteiger partial charge in [0.25, 0.3) is 11.7 Å². The van der Waals surface area contributed by atoms with Crippen molar-refractivity contribution in [3.8, 4) is 0 Å². The monoisotopic (exact) mass is 255 g/mol. The fourth-order valence-electron chi connectivity index (χ4n) is 1.86. The maximum atomic E-state index is 13.5. The average molecular weight is 255 g/mol. The third-order valence-electron chi connectivity index (χ3n) is 2.65. The van der Waals surface area contributed by atoms with Gasteiger partial charge in [0.05, 0.1) is 17.9 Å². The number of amides is 1. The molecule has 4 nitrogen and oxygen atoms in total. The van der Waals surface area contributed by atoms with Gasteiger partial charge >= 0.3 is 0 Å². The van der Waals surface area contributed by atoms with Crippen LogP contribution in [0.2, 0.25) is 0 Å². The van der Waals surface area contributed by atoms with E-state index < -0.39 is 23.3 Å². The molecule has 1 aromatic carbocycles. The van der Waals surface area contributed by atoms with Gasteiger partial charge in [-0.05, 0) is 13.0 Å². The second-order valence-corrected chi connectivity index (χ2v) is 3.76. The lowest BCUT2D eigenvalue weighted by Gasteiger charge is -2.16. The normalized spacial score (nSPS) is 14.3. The van der Waals surface area contributed by atoms with Crippen molar-refractivity contribution in [1.29, 1.82) is 0 Å². The Bertz CT molecular complexity index is 516. The van der Waals surface area contributed by atoms with E-state index in [9.17, 15) is 18.4 Å². The SMILES string of the molecule is CCOCCN1C(=O)C(=O)c2c(F)cc(F)cc21. The number of nitrogens with zero attached hydrogens (tertiary/aromatic N) is 1. The van der Waals surface area contributed by atoms with Gasteiger partial charge in [-0.2, -0.15) is 0 Å². The van der Waals surface area contributed by atoms with Gasteiger partial charge in [-0.15, -0.1) is 0 Å². The van der Waals surface area contributed by atoms with Crippen LogP contribution in [0.4, 0.5) is 14.5 Å². The topological polar surface area (TPSA) is 46.6 Å². The smallest absolute Gasteiger partial charge is 0.299 e. The zero-order chi connectivity index (χ0) is 13.3. The summed E-state index contributed by atoms with van der Waals surface area (Å²) in [6.45, 7) is 2.53. The Balaban J connectivity index is 2.35. The molecule has 1 aliphatic heterocycles. The summed E-state index contributed by atoms with van der Waals surface area (Å²) in [5.74, 6) is -3.63. The number of carbonyl (C=O) groups excluding carboxylic acids is 2. The highest BCUT2D eigenvalue weighted by Gasteiger charge is 2.38. The zero-order valence-electron chi connectivity index (χ0n) is 9.70. The highest BCUT2D eigenvalue weighted by atomic mass is 19.1. The summed E-state index contributed by atoms with van der Waals surface area (Å²) < 4.78 is 31.6.